The number of sulfonamides is 1. The van der Waals surface area contributed by atoms with Crippen molar-refractivity contribution in [2.24, 2.45) is 0 Å². The van der Waals surface area contributed by atoms with Gasteiger partial charge in [0, 0.05) is 36.3 Å². The molecule has 0 N–H and O–H groups in total. The van der Waals surface area contributed by atoms with Crippen molar-refractivity contribution in [1.82, 2.24) is 19.3 Å². The first-order chi connectivity index (χ1) is 17.9. The number of nitrogens with zero attached hydrogens (tertiary/aromatic N) is 4. The lowest BCUT2D eigenvalue weighted by molar-refractivity contribution is -0.137. The number of rotatable bonds is 9. The van der Waals surface area contributed by atoms with Gasteiger partial charge in [-0.15, -0.1) is 0 Å². The van der Waals surface area contributed by atoms with Crippen molar-refractivity contribution in [1.29, 1.82) is 0 Å². The molecule has 4 rings (SSSR count). The second-order valence-electron chi connectivity index (χ2n) is 8.42. The minimum Gasteiger partial charge on any atom is -0.443 e. The Morgan fingerprint density at radius 1 is 1.05 bits per heavy atom. The number of pyridine rings is 1. The number of carbonyl (C=O) groups excluding carboxylic acids is 1. The number of carbonyl (C=O) groups is 1. The molecule has 0 aliphatic heterocycles. The third-order valence-corrected chi connectivity index (χ3v) is 7.83. The number of hydrogen-bond donors (Lipinski definition) is 0. The minimum absolute atomic E-state index is 0.0160. The van der Waals surface area contributed by atoms with E-state index in [0.717, 1.165) is 22.5 Å². The van der Waals surface area contributed by atoms with E-state index >= 15 is 0 Å². The smallest absolute Gasteiger partial charge is 0.417 e. The van der Waals surface area contributed by atoms with E-state index in [1.54, 1.807) is 6.92 Å². The molecule has 0 aliphatic rings. The topological polar surface area (TPSA) is 106 Å². The highest BCUT2D eigenvalue weighted by Gasteiger charge is 2.34. The van der Waals surface area contributed by atoms with E-state index in [2.05, 4.69) is 15.0 Å². The molecule has 0 amide bonds. The maximum atomic E-state index is 13.5. The summed E-state index contributed by atoms with van der Waals surface area (Å²) in [7, 11) is -4.20. The van der Waals surface area contributed by atoms with Gasteiger partial charge in [0.15, 0.2) is 5.78 Å². The molecule has 0 radical (unpaired) electrons. The fraction of sp³-hybridized carbons (Fsp3) is 0.280. The van der Waals surface area contributed by atoms with Gasteiger partial charge in [-0.2, -0.15) is 17.5 Å². The summed E-state index contributed by atoms with van der Waals surface area (Å²) in [6.07, 6.45) is -2.51. The molecule has 4 aromatic rings. The number of hydrogen-bond acceptors (Lipinski definition) is 7. The van der Waals surface area contributed by atoms with Gasteiger partial charge >= 0.3 is 6.18 Å². The number of Topliss-reactive ketones (excluding diaryl/α,β-unsaturated/α-hetero) is 1. The summed E-state index contributed by atoms with van der Waals surface area (Å²) in [5.41, 5.74) is 0.226. The van der Waals surface area contributed by atoms with Gasteiger partial charge in [0.2, 0.25) is 5.09 Å². The molecule has 13 heteroatoms. The van der Waals surface area contributed by atoms with Crippen LogP contribution in [0.1, 0.15) is 31.5 Å². The van der Waals surface area contributed by atoms with Gasteiger partial charge in [-0.05, 0) is 49.7 Å². The lowest BCUT2D eigenvalue weighted by atomic mass is 10.1. The number of fused-ring (bicyclic) bond motifs is 1. The largest absolute Gasteiger partial charge is 0.443 e. The molecule has 3 aromatic heterocycles. The fourth-order valence-corrected chi connectivity index (χ4v) is 5.47. The summed E-state index contributed by atoms with van der Waals surface area (Å²) < 4.78 is 84.7. The summed E-state index contributed by atoms with van der Waals surface area (Å²) in [5.74, 6) is -0.925. The Balaban J connectivity index is 1.46. The first-order valence-electron chi connectivity index (χ1n) is 11.5. The summed E-state index contributed by atoms with van der Waals surface area (Å²) in [4.78, 5) is 24.9. The van der Waals surface area contributed by atoms with Crippen molar-refractivity contribution in [3.8, 4) is 11.4 Å². The molecule has 0 unspecified atom stereocenters. The average Bonchev–Trinajstić information content (AvgIpc) is 3.31. The highest BCUT2D eigenvalue weighted by molar-refractivity contribution is 7.89. The van der Waals surface area contributed by atoms with Gasteiger partial charge in [0.25, 0.3) is 10.0 Å². The molecule has 1 atom stereocenters. The molecule has 0 spiro atoms. The minimum atomic E-state index is -4.51. The van der Waals surface area contributed by atoms with Crippen LogP contribution >= 0.6 is 0 Å². The quantitative estimate of drug-likeness (QED) is 0.269. The van der Waals surface area contributed by atoms with E-state index in [0.29, 0.717) is 11.9 Å². The Morgan fingerprint density at radius 2 is 1.82 bits per heavy atom. The summed E-state index contributed by atoms with van der Waals surface area (Å²) in [6.45, 7) is 3.03. The predicted molar refractivity (Wildman–Crippen MR) is 129 cm³/mol. The van der Waals surface area contributed by atoms with Gasteiger partial charge in [-0.3, -0.25) is 9.78 Å². The molecule has 0 aliphatic carbocycles. The molecule has 0 saturated heterocycles. The van der Waals surface area contributed by atoms with Crippen LogP contribution in [0.2, 0.25) is 0 Å². The van der Waals surface area contributed by atoms with Crippen LogP contribution in [-0.2, 0) is 27.4 Å². The van der Waals surface area contributed by atoms with Gasteiger partial charge < -0.3 is 4.42 Å². The van der Waals surface area contributed by atoms with Crippen LogP contribution in [0.15, 0.2) is 64.5 Å². The first-order valence-corrected chi connectivity index (χ1v) is 12.9. The van der Waals surface area contributed by atoms with Gasteiger partial charge in [0.05, 0.1) is 23.0 Å². The molecule has 1 aromatic carbocycles. The molecule has 8 nitrogen and oxygen atoms in total. The predicted octanol–water partition coefficient (Wildman–Crippen LogP) is 5.04. The average molecular weight is 551 g/mol. The number of alkyl halides is 3. The second-order valence-corrected chi connectivity index (χ2v) is 10.2. The molecule has 38 heavy (non-hydrogen) atoms. The van der Waals surface area contributed by atoms with Crippen LogP contribution in [0.4, 0.5) is 17.6 Å². The number of aromatic nitrogens is 3. The summed E-state index contributed by atoms with van der Waals surface area (Å²) >= 11 is 0. The van der Waals surface area contributed by atoms with E-state index < -0.39 is 38.7 Å². The van der Waals surface area contributed by atoms with Crippen LogP contribution in [-0.4, -0.2) is 46.0 Å². The number of furan rings is 1. The standard InChI is InChI=1S/C25H22F4N4O4S/c1-3-33(38(35,36)24-11-16-10-18(26)5-9-23(16)37-24)15(2)22(34)8-6-19-12-21(32-14-31-19)20-7-4-17(13-30-20)25(27,28)29/h4-5,7,9-15H,3,6,8H2,1-2H3/t15-/m0/s1. The van der Waals surface area contributed by atoms with Crippen LogP contribution in [0, 0.1) is 5.82 Å². The van der Waals surface area contributed by atoms with Gasteiger partial charge in [-0.1, -0.05) is 6.92 Å². The van der Waals surface area contributed by atoms with E-state index in [1.165, 1.54) is 37.5 Å². The highest BCUT2D eigenvalue weighted by Crippen LogP contribution is 2.30. The third-order valence-electron chi connectivity index (χ3n) is 5.93. The van der Waals surface area contributed by atoms with Crippen molar-refractivity contribution in [3.05, 3.63) is 72.1 Å². The van der Waals surface area contributed by atoms with E-state index in [9.17, 15) is 30.8 Å². The Morgan fingerprint density at radius 3 is 2.47 bits per heavy atom. The Hall–Kier alpha value is -3.71. The Bertz CT molecular complexity index is 1570. The zero-order chi connectivity index (χ0) is 27.7. The van der Waals surface area contributed by atoms with Crippen LogP contribution in [0.3, 0.4) is 0 Å². The van der Waals surface area contributed by atoms with E-state index in [1.807, 2.05) is 0 Å². The Kier molecular flexibility index (Phi) is 7.61. The molecular weight excluding hydrogens is 528 g/mol. The lowest BCUT2D eigenvalue weighted by Crippen LogP contribution is -2.43. The zero-order valence-corrected chi connectivity index (χ0v) is 21.1. The third kappa shape index (κ3) is 5.73. The lowest BCUT2D eigenvalue weighted by Gasteiger charge is -2.25. The summed E-state index contributed by atoms with van der Waals surface area (Å²) in [5, 5.41) is -0.121. The Labute approximate surface area is 215 Å². The van der Waals surface area contributed by atoms with Gasteiger partial charge in [0.1, 0.15) is 17.7 Å². The van der Waals surface area contributed by atoms with E-state index in [-0.39, 0.29) is 47.5 Å². The maximum absolute atomic E-state index is 13.5. The normalized spacial score (nSPS) is 13.2. The molecule has 200 valence electrons. The molecular formula is C25H22F4N4O4S. The van der Waals surface area contributed by atoms with Crippen molar-refractivity contribution >= 4 is 26.8 Å². The fourth-order valence-electron chi connectivity index (χ4n) is 3.89. The molecule has 0 bridgehead atoms. The SMILES string of the molecule is CCN([C@@H](C)C(=O)CCc1cc(-c2ccc(C(F)(F)F)cn2)ncn1)S(=O)(=O)c1cc2cc(F)ccc2o1. The zero-order valence-electron chi connectivity index (χ0n) is 20.2. The first kappa shape index (κ1) is 27.3. The van der Waals surface area contributed by atoms with Gasteiger partial charge in [-0.25, -0.2) is 22.8 Å². The number of halogens is 4. The van der Waals surface area contributed by atoms with Crippen LogP contribution in [0.5, 0.6) is 0 Å². The monoisotopic (exact) mass is 550 g/mol. The molecule has 0 fully saturated rings. The number of likely N-dealkylation sites (N-methyl/N-ethyl adjacent to an activating group) is 1. The van der Waals surface area contributed by atoms with Crippen molar-refractivity contribution in [2.45, 2.75) is 44.0 Å². The van der Waals surface area contributed by atoms with E-state index in [4.69, 9.17) is 4.42 Å². The van der Waals surface area contributed by atoms with Crippen LogP contribution in [0.25, 0.3) is 22.4 Å². The van der Waals surface area contributed by atoms with Crippen molar-refractivity contribution in [3.63, 3.8) is 0 Å². The number of aryl methyl sites for hydroxylation is 1. The van der Waals surface area contributed by atoms with Crippen molar-refractivity contribution in [2.75, 3.05) is 6.54 Å². The molecule has 0 saturated carbocycles. The van der Waals surface area contributed by atoms with Crippen molar-refractivity contribution < 1.29 is 35.2 Å². The molecule has 3 heterocycles. The number of ketones is 1. The van der Waals surface area contributed by atoms with Crippen LogP contribution < -0.4 is 0 Å². The summed E-state index contributed by atoms with van der Waals surface area (Å²) in [6, 6.07) is 7.40. The second kappa shape index (κ2) is 10.6. The number of benzene rings is 1. The highest BCUT2D eigenvalue weighted by atomic mass is 32.2. The maximum Gasteiger partial charge on any atom is 0.417 e.